The molecular formula is C18H28N2O8. The van der Waals surface area contributed by atoms with Crippen LogP contribution in [0.4, 0.5) is 0 Å². The number of carbonyl (C=O) groups is 6. The predicted molar refractivity (Wildman–Crippen MR) is 97.0 cm³/mol. The van der Waals surface area contributed by atoms with Crippen molar-refractivity contribution in [3.8, 4) is 0 Å². The van der Waals surface area contributed by atoms with Crippen LogP contribution in [0.2, 0.25) is 0 Å². The molecule has 0 aromatic carbocycles. The molecular weight excluding hydrogens is 372 g/mol. The summed E-state index contributed by atoms with van der Waals surface area (Å²) in [7, 11) is 0. The molecule has 0 radical (unpaired) electrons. The first-order valence-electron chi connectivity index (χ1n) is 9.25. The van der Waals surface area contributed by atoms with Crippen molar-refractivity contribution in [2.24, 2.45) is 0 Å². The summed E-state index contributed by atoms with van der Waals surface area (Å²) in [6.45, 7) is 3.90. The molecule has 0 aliphatic carbocycles. The third-order valence-corrected chi connectivity index (χ3v) is 3.38. The van der Waals surface area contributed by atoms with Gasteiger partial charge in [0.05, 0.1) is 19.6 Å². The number of carbonyl (C=O) groups excluding carboxylic acids is 6. The van der Waals surface area contributed by atoms with Gasteiger partial charge < -0.3 is 20.1 Å². The average Bonchev–Trinajstić information content (AvgIpc) is 2.65. The van der Waals surface area contributed by atoms with E-state index in [-0.39, 0.29) is 64.8 Å². The van der Waals surface area contributed by atoms with Crippen molar-refractivity contribution in [3.63, 3.8) is 0 Å². The number of amides is 2. The van der Waals surface area contributed by atoms with Crippen LogP contribution in [0.3, 0.4) is 0 Å². The van der Waals surface area contributed by atoms with Gasteiger partial charge in [-0.25, -0.2) is 0 Å². The molecule has 10 heteroatoms. The van der Waals surface area contributed by atoms with E-state index in [1.165, 1.54) is 0 Å². The Labute approximate surface area is 163 Å². The molecule has 0 aliphatic rings. The number of nitrogens with one attached hydrogen (secondary N) is 2. The maximum Gasteiger partial charge on any atom is 0.307 e. The highest BCUT2D eigenvalue weighted by molar-refractivity contribution is 6.36. The first-order chi connectivity index (χ1) is 13.3. The van der Waals surface area contributed by atoms with E-state index in [0.717, 1.165) is 0 Å². The van der Waals surface area contributed by atoms with Crippen molar-refractivity contribution in [3.05, 3.63) is 0 Å². The second kappa shape index (κ2) is 15.3. The number of ether oxygens (including phenoxy) is 2. The van der Waals surface area contributed by atoms with E-state index in [0.29, 0.717) is 0 Å². The highest BCUT2D eigenvalue weighted by Crippen LogP contribution is 1.99. The molecule has 2 N–H and O–H groups in total. The van der Waals surface area contributed by atoms with Gasteiger partial charge in [-0.2, -0.15) is 0 Å². The van der Waals surface area contributed by atoms with Crippen molar-refractivity contribution in [2.45, 2.75) is 52.4 Å². The Morgan fingerprint density at radius 1 is 0.607 bits per heavy atom. The molecule has 0 bridgehead atoms. The van der Waals surface area contributed by atoms with E-state index in [1.54, 1.807) is 13.8 Å². The van der Waals surface area contributed by atoms with Crippen molar-refractivity contribution in [2.75, 3.05) is 26.3 Å². The topological polar surface area (TPSA) is 145 Å². The summed E-state index contributed by atoms with van der Waals surface area (Å²) in [6.07, 6.45) is 0.254. The molecule has 0 spiro atoms. The normalized spacial score (nSPS) is 9.93. The zero-order valence-corrected chi connectivity index (χ0v) is 16.3. The SMILES string of the molecule is CCOC(=O)CCCC(=O)C(=O)NCCCC(=O)C(=O)NCCC(=O)OCC. The van der Waals surface area contributed by atoms with Crippen LogP contribution < -0.4 is 10.6 Å². The molecule has 158 valence electrons. The number of esters is 2. The Morgan fingerprint density at radius 3 is 1.61 bits per heavy atom. The number of hydrogen-bond donors (Lipinski definition) is 2. The van der Waals surface area contributed by atoms with Crippen LogP contribution in [0.1, 0.15) is 52.4 Å². The van der Waals surface area contributed by atoms with Gasteiger partial charge in [0.2, 0.25) is 11.6 Å². The van der Waals surface area contributed by atoms with Gasteiger partial charge in [0, 0.05) is 32.4 Å². The molecule has 28 heavy (non-hydrogen) atoms. The largest absolute Gasteiger partial charge is 0.466 e. The smallest absolute Gasteiger partial charge is 0.307 e. The molecule has 2 amide bonds. The van der Waals surface area contributed by atoms with Gasteiger partial charge in [-0.3, -0.25) is 28.8 Å². The minimum Gasteiger partial charge on any atom is -0.466 e. The van der Waals surface area contributed by atoms with Crippen molar-refractivity contribution in [1.82, 2.24) is 10.6 Å². The van der Waals surface area contributed by atoms with E-state index in [9.17, 15) is 28.8 Å². The number of rotatable bonds is 15. The van der Waals surface area contributed by atoms with Crippen molar-refractivity contribution < 1.29 is 38.2 Å². The Hall–Kier alpha value is -2.78. The lowest BCUT2D eigenvalue weighted by atomic mass is 10.1. The molecule has 0 heterocycles. The van der Waals surface area contributed by atoms with Gasteiger partial charge in [0.25, 0.3) is 11.8 Å². The molecule has 0 saturated heterocycles. The van der Waals surface area contributed by atoms with E-state index in [4.69, 9.17) is 4.74 Å². The number of Topliss-reactive ketones (excluding diaryl/α,β-unsaturated/α-hetero) is 2. The van der Waals surface area contributed by atoms with Crippen LogP contribution in [-0.2, 0) is 38.2 Å². The second-order valence-electron chi connectivity index (χ2n) is 5.68. The summed E-state index contributed by atoms with van der Waals surface area (Å²) in [6, 6.07) is 0. The molecule has 0 aromatic heterocycles. The minimum atomic E-state index is -0.814. The summed E-state index contributed by atoms with van der Waals surface area (Å²) < 4.78 is 9.40. The first kappa shape index (κ1) is 25.2. The van der Waals surface area contributed by atoms with E-state index in [2.05, 4.69) is 15.4 Å². The molecule has 0 rings (SSSR count). The zero-order chi connectivity index (χ0) is 21.4. The summed E-state index contributed by atoms with van der Waals surface area (Å²) >= 11 is 0. The van der Waals surface area contributed by atoms with Gasteiger partial charge in [-0.15, -0.1) is 0 Å². The van der Waals surface area contributed by atoms with E-state index in [1.807, 2.05) is 0 Å². The molecule has 0 unspecified atom stereocenters. The Kier molecular flexibility index (Phi) is 13.8. The van der Waals surface area contributed by atoms with Crippen molar-refractivity contribution in [1.29, 1.82) is 0 Å². The van der Waals surface area contributed by atoms with E-state index >= 15 is 0 Å². The molecule has 0 saturated carbocycles. The quantitative estimate of drug-likeness (QED) is 0.219. The maximum absolute atomic E-state index is 11.6. The fraction of sp³-hybridized carbons (Fsp3) is 0.667. The number of ketones is 2. The van der Waals surface area contributed by atoms with Gasteiger partial charge in [0.1, 0.15) is 0 Å². The first-order valence-corrected chi connectivity index (χ1v) is 9.25. The van der Waals surface area contributed by atoms with Gasteiger partial charge in [0.15, 0.2) is 0 Å². The van der Waals surface area contributed by atoms with Gasteiger partial charge >= 0.3 is 11.9 Å². The Morgan fingerprint density at radius 2 is 1.07 bits per heavy atom. The predicted octanol–water partition coefficient (Wildman–Crippen LogP) is -0.176. The summed E-state index contributed by atoms with van der Waals surface area (Å²) in [5, 5.41) is 4.67. The van der Waals surface area contributed by atoms with Crippen LogP contribution in [-0.4, -0.2) is 61.6 Å². The van der Waals surface area contributed by atoms with Gasteiger partial charge in [-0.1, -0.05) is 0 Å². The highest BCUT2D eigenvalue weighted by Gasteiger charge is 2.16. The fourth-order valence-electron chi connectivity index (χ4n) is 2.01. The summed E-state index contributed by atoms with van der Waals surface area (Å²) in [4.78, 5) is 68.6. The van der Waals surface area contributed by atoms with Crippen LogP contribution in [0.15, 0.2) is 0 Å². The number of hydrogen-bond acceptors (Lipinski definition) is 8. The molecule has 0 fully saturated rings. The molecule has 0 aliphatic heterocycles. The third-order valence-electron chi connectivity index (χ3n) is 3.38. The van der Waals surface area contributed by atoms with Crippen molar-refractivity contribution >= 4 is 35.3 Å². The lowest BCUT2D eigenvalue weighted by molar-refractivity contribution is -0.144. The van der Waals surface area contributed by atoms with E-state index < -0.39 is 35.3 Å². The molecule has 0 aromatic rings. The monoisotopic (exact) mass is 400 g/mol. The second-order valence-corrected chi connectivity index (χ2v) is 5.68. The van der Waals surface area contributed by atoms with Crippen LogP contribution in [0.25, 0.3) is 0 Å². The Bertz CT molecular complexity index is 524. The molecule has 0 atom stereocenters. The fourth-order valence-corrected chi connectivity index (χ4v) is 2.01. The lowest BCUT2D eigenvalue weighted by Gasteiger charge is -2.06. The third kappa shape index (κ3) is 12.6. The van der Waals surface area contributed by atoms with Crippen LogP contribution in [0, 0.1) is 0 Å². The highest BCUT2D eigenvalue weighted by atomic mass is 16.5. The zero-order valence-electron chi connectivity index (χ0n) is 16.3. The maximum atomic E-state index is 11.6. The van der Waals surface area contributed by atoms with Gasteiger partial charge in [-0.05, 0) is 26.7 Å². The minimum absolute atomic E-state index is 0.000440. The molecule has 10 nitrogen and oxygen atoms in total. The average molecular weight is 400 g/mol. The summed E-state index contributed by atoms with van der Waals surface area (Å²) in [5.74, 6) is -3.84. The summed E-state index contributed by atoms with van der Waals surface area (Å²) in [5.41, 5.74) is 0. The standard InChI is InChI=1S/C18H28N2O8/c1-3-27-15(23)9-5-7-13(21)17(25)19-11-6-8-14(22)18(26)20-12-10-16(24)28-4-2/h3-12H2,1-2H3,(H,19,25)(H,20,26). The Balaban J connectivity index is 3.86. The lowest BCUT2D eigenvalue weighted by Crippen LogP contribution is -2.34. The van der Waals surface area contributed by atoms with Crippen LogP contribution in [0.5, 0.6) is 0 Å². The van der Waals surface area contributed by atoms with Crippen LogP contribution >= 0.6 is 0 Å².